The second-order valence-electron chi connectivity index (χ2n) is 10.2. The van der Waals surface area contributed by atoms with Crippen molar-refractivity contribution in [2.45, 2.75) is 49.1 Å². The molecule has 0 aromatic heterocycles. The van der Waals surface area contributed by atoms with Gasteiger partial charge >= 0.3 is 12.1 Å². The molecule has 1 aliphatic rings. The van der Waals surface area contributed by atoms with Gasteiger partial charge in [0.15, 0.2) is 0 Å². The Morgan fingerprint density at radius 3 is 2.42 bits per heavy atom. The number of nitrogens with one attached hydrogen (secondary N) is 2. The Morgan fingerprint density at radius 1 is 1.02 bits per heavy atom. The third kappa shape index (κ3) is 8.50. The minimum atomic E-state index is -5.07. The zero-order valence-corrected chi connectivity index (χ0v) is 23.8. The van der Waals surface area contributed by atoms with Crippen LogP contribution in [0.5, 0.6) is 5.75 Å². The second-order valence-corrected chi connectivity index (χ2v) is 11.9. The monoisotopic (exact) mass is 627 g/mol. The molecule has 0 saturated heterocycles. The molecule has 43 heavy (non-hydrogen) atoms. The molecule has 0 spiro atoms. The van der Waals surface area contributed by atoms with E-state index in [1.807, 2.05) is 6.07 Å². The number of amides is 1. The topological polar surface area (TPSA) is 108 Å². The molecule has 14 heteroatoms. The number of carbonyl (C=O) groups excluding carboxylic acids is 1. The number of benzene rings is 3. The zero-order valence-electron chi connectivity index (χ0n) is 23.0. The number of aliphatic hydroxyl groups is 1. The van der Waals surface area contributed by atoms with Crippen LogP contribution < -0.4 is 14.8 Å². The van der Waals surface area contributed by atoms with Crippen LogP contribution in [0.1, 0.15) is 22.3 Å². The van der Waals surface area contributed by atoms with E-state index in [2.05, 4.69) is 10.0 Å². The third-order valence-electron chi connectivity index (χ3n) is 7.00. The van der Waals surface area contributed by atoms with Crippen molar-refractivity contribution >= 4 is 15.9 Å². The lowest BCUT2D eigenvalue weighted by molar-refractivity contribution is -0.186. The highest BCUT2D eigenvalue weighted by atomic mass is 32.2. The molecule has 1 amide bonds. The molecule has 0 fully saturated rings. The van der Waals surface area contributed by atoms with E-state index in [9.17, 15) is 40.3 Å². The molecule has 2 atom stereocenters. The molecule has 8 nitrogen and oxygen atoms in total. The number of fused-ring (bicyclic) bond motifs is 1. The molecule has 0 aliphatic carbocycles. The number of hydrogen-bond donors (Lipinski definition) is 3. The first kappa shape index (κ1) is 32.3. The van der Waals surface area contributed by atoms with Gasteiger partial charge in [0, 0.05) is 32.2 Å². The number of ether oxygens (including phenoxy) is 1. The van der Waals surface area contributed by atoms with Gasteiger partial charge in [-0.15, -0.1) is 0 Å². The molecule has 0 unspecified atom stereocenters. The van der Waals surface area contributed by atoms with Crippen molar-refractivity contribution in [2.24, 2.45) is 0 Å². The van der Waals surface area contributed by atoms with Crippen LogP contribution in [0, 0.1) is 11.6 Å². The number of sulfonamides is 1. The summed E-state index contributed by atoms with van der Waals surface area (Å²) in [6.07, 6.45) is -6.61. The number of nitrogens with zero attached hydrogens (tertiary/aromatic N) is 1. The number of methoxy groups -OCH3 is 1. The fourth-order valence-corrected chi connectivity index (χ4v) is 6.17. The zero-order chi connectivity index (χ0) is 31.4. The molecule has 0 bridgehead atoms. The number of alkyl halides is 3. The Hall–Kier alpha value is -3.59. The molecular weight excluding hydrogens is 597 g/mol. The summed E-state index contributed by atoms with van der Waals surface area (Å²) in [6.45, 7) is -0.419. The lowest BCUT2D eigenvalue weighted by atomic mass is 10.00. The Balaban J connectivity index is 1.54. The van der Waals surface area contributed by atoms with Gasteiger partial charge in [-0.25, -0.2) is 21.9 Å². The van der Waals surface area contributed by atoms with E-state index in [-0.39, 0.29) is 42.0 Å². The highest BCUT2D eigenvalue weighted by Gasteiger charge is 2.43. The van der Waals surface area contributed by atoms with Gasteiger partial charge in [-0.2, -0.15) is 13.2 Å². The minimum Gasteiger partial charge on any atom is -0.497 e. The van der Waals surface area contributed by atoms with Gasteiger partial charge in [-0.1, -0.05) is 18.2 Å². The van der Waals surface area contributed by atoms with Crippen LogP contribution >= 0.6 is 0 Å². The van der Waals surface area contributed by atoms with Crippen molar-refractivity contribution < 1.29 is 45.0 Å². The predicted octanol–water partition coefficient (Wildman–Crippen LogP) is 3.46. The summed E-state index contributed by atoms with van der Waals surface area (Å²) < 4.78 is 101. The molecule has 232 valence electrons. The molecule has 0 saturated carbocycles. The van der Waals surface area contributed by atoms with Gasteiger partial charge in [0.05, 0.1) is 24.2 Å². The first-order valence-electron chi connectivity index (χ1n) is 13.2. The summed E-state index contributed by atoms with van der Waals surface area (Å²) in [5, 5.41) is 14.0. The van der Waals surface area contributed by atoms with E-state index in [0.29, 0.717) is 28.8 Å². The summed E-state index contributed by atoms with van der Waals surface area (Å²) in [4.78, 5) is 12.0. The van der Waals surface area contributed by atoms with Crippen LogP contribution in [-0.2, 0) is 40.7 Å². The van der Waals surface area contributed by atoms with Crippen molar-refractivity contribution in [3.8, 4) is 5.75 Å². The van der Waals surface area contributed by atoms with E-state index in [4.69, 9.17) is 4.74 Å². The normalized spacial score (nSPS) is 15.1. The van der Waals surface area contributed by atoms with Crippen molar-refractivity contribution in [1.82, 2.24) is 14.9 Å². The van der Waals surface area contributed by atoms with Crippen LogP contribution in [0.15, 0.2) is 65.6 Å². The fraction of sp³-hybridized carbons (Fsp3) is 0.345. The summed E-state index contributed by atoms with van der Waals surface area (Å²) >= 11 is 0. The third-order valence-corrected chi connectivity index (χ3v) is 8.48. The quantitative estimate of drug-likeness (QED) is 0.281. The standard InChI is InChI=1S/C29H30F5N3O5S/c1-42-24-4-2-3-18(11-24)15-35-16-27(38)26(12-19-9-22(30)14-23(31)10-19)36-43(40,41)25-6-5-20-7-8-37(17-21(20)13-25)28(39)29(32,33)34/h2-6,9-11,13-14,26-27,35-36,38H,7-8,12,15-17H2,1H3/t26-,27+/m1/s1. The van der Waals surface area contributed by atoms with Gasteiger partial charge in [0.2, 0.25) is 10.0 Å². The first-order chi connectivity index (χ1) is 20.2. The lowest BCUT2D eigenvalue weighted by Crippen LogP contribution is -2.48. The number of rotatable bonds is 11. The molecule has 4 rings (SSSR count). The average molecular weight is 628 g/mol. The van der Waals surface area contributed by atoms with Gasteiger partial charge in [0.25, 0.3) is 0 Å². The number of aliphatic hydroxyl groups excluding tert-OH is 1. The first-order valence-corrected chi connectivity index (χ1v) is 14.7. The van der Waals surface area contributed by atoms with E-state index in [1.54, 1.807) is 18.2 Å². The maximum absolute atomic E-state index is 13.9. The predicted molar refractivity (Wildman–Crippen MR) is 146 cm³/mol. The Labute approximate surface area is 245 Å². The summed E-state index contributed by atoms with van der Waals surface area (Å²) in [7, 11) is -2.88. The van der Waals surface area contributed by atoms with Crippen LogP contribution in [0.3, 0.4) is 0 Å². The molecule has 3 aromatic rings. The van der Waals surface area contributed by atoms with Crippen LogP contribution in [0.25, 0.3) is 0 Å². The number of carbonyl (C=O) groups is 1. The van der Waals surface area contributed by atoms with E-state index in [0.717, 1.165) is 17.7 Å². The molecule has 1 heterocycles. The van der Waals surface area contributed by atoms with E-state index in [1.165, 1.54) is 25.3 Å². The highest BCUT2D eigenvalue weighted by Crippen LogP contribution is 2.27. The summed E-state index contributed by atoms with van der Waals surface area (Å²) in [5.41, 5.74) is 1.74. The highest BCUT2D eigenvalue weighted by molar-refractivity contribution is 7.89. The van der Waals surface area contributed by atoms with E-state index >= 15 is 0 Å². The number of hydrogen-bond acceptors (Lipinski definition) is 6. The van der Waals surface area contributed by atoms with Crippen molar-refractivity contribution in [2.75, 3.05) is 20.2 Å². The van der Waals surface area contributed by atoms with Gasteiger partial charge in [0.1, 0.15) is 17.4 Å². The molecule has 1 aliphatic heterocycles. The molecule has 0 radical (unpaired) electrons. The molecular formula is C29H30F5N3O5S. The smallest absolute Gasteiger partial charge is 0.471 e. The Morgan fingerprint density at radius 2 is 1.74 bits per heavy atom. The van der Waals surface area contributed by atoms with Crippen molar-refractivity contribution in [3.05, 3.63) is 94.6 Å². The minimum absolute atomic E-state index is 0.0868. The largest absolute Gasteiger partial charge is 0.497 e. The van der Waals surface area contributed by atoms with Crippen LogP contribution in [-0.4, -0.2) is 62.9 Å². The average Bonchev–Trinajstić information content (AvgIpc) is 2.94. The fourth-order valence-electron chi connectivity index (χ4n) is 4.85. The second kappa shape index (κ2) is 13.4. The lowest BCUT2D eigenvalue weighted by Gasteiger charge is -2.30. The van der Waals surface area contributed by atoms with Crippen molar-refractivity contribution in [3.63, 3.8) is 0 Å². The van der Waals surface area contributed by atoms with Gasteiger partial charge in [-0.3, -0.25) is 4.79 Å². The van der Waals surface area contributed by atoms with Crippen LogP contribution in [0.2, 0.25) is 0 Å². The maximum atomic E-state index is 13.9. The van der Waals surface area contributed by atoms with Crippen LogP contribution in [0.4, 0.5) is 22.0 Å². The Kier molecular flexibility index (Phi) is 10.1. The van der Waals surface area contributed by atoms with E-state index < -0.39 is 52.4 Å². The van der Waals surface area contributed by atoms with Crippen molar-refractivity contribution in [1.29, 1.82) is 0 Å². The summed E-state index contributed by atoms with van der Waals surface area (Å²) in [6, 6.07) is 12.5. The van der Waals surface area contributed by atoms with Gasteiger partial charge < -0.3 is 20.1 Å². The molecule has 3 aromatic carbocycles. The van der Waals surface area contributed by atoms with Gasteiger partial charge in [-0.05, 0) is 71.5 Å². The Bertz CT molecular complexity index is 1550. The SMILES string of the molecule is COc1cccc(CNC[C@H](O)[C@@H](Cc2cc(F)cc(F)c2)NS(=O)(=O)c2ccc3c(c2)CN(C(=O)C(F)(F)F)CC3)c1. The summed E-state index contributed by atoms with van der Waals surface area (Å²) in [5.74, 6) is -3.16. The maximum Gasteiger partial charge on any atom is 0.471 e. The number of halogens is 5. The molecule has 3 N–H and O–H groups in total.